The second-order valence-electron chi connectivity index (χ2n) is 11.4. The molecule has 196 valence electrons. The molecule has 7 aromatic rings. The maximum atomic E-state index is 6.39. The molecule has 6 aromatic carbocycles. The average Bonchev–Trinajstić information content (AvgIpc) is 3.50. The maximum absolute atomic E-state index is 6.39. The number of nitrogens with zero attached hydrogens (tertiary/aromatic N) is 1. The highest BCUT2D eigenvalue weighted by Gasteiger charge is 2.37. The molecular weight excluding hydrogens is 498 g/mol. The highest BCUT2D eigenvalue weighted by Crippen LogP contribution is 2.55. The normalized spacial score (nSPS) is 13.3. The molecule has 1 heterocycles. The highest BCUT2D eigenvalue weighted by molar-refractivity contribution is 6.07. The standard InChI is InChI=1S/C39H29NO/c1-39(2)32-18-9-6-17-31(32)38-33(39)19-12-21-35(38)40(34-20-10-7-15-28(34)26-13-4-3-5-14-26)27-23-24-30-29-16-8-11-22-36(29)41-37(30)25-27/h3-25H,1-2H3. The lowest BCUT2D eigenvalue weighted by Gasteiger charge is -2.30. The third kappa shape index (κ3) is 3.57. The van der Waals surface area contributed by atoms with E-state index in [0.29, 0.717) is 0 Å². The molecule has 1 aliphatic rings. The van der Waals surface area contributed by atoms with E-state index < -0.39 is 0 Å². The fraction of sp³-hybridized carbons (Fsp3) is 0.0769. The molecule has 8 rings (SSSR count). The van der Waals surface area contributed by atoms with Gasteiger partial charge in [-0.2, -0.15) is 0 Å². The third-order valence-electron chi connectivity index (χ3n) is 8.68. The molecule has 0 radical (unpaired) electrons. The third-order valence-corrected chi connectivity index (χ3v) is 8.68. The van der Waals surface area contributed by atoms with Gasteiger partial charge in [-0.05, 0) is 52.6 Å². The minimum atomic E-state index is -0.0881. The molecule has 0 fully saturated rings. The predicted molar refractivity (Wildman–Crippen MR) is 171 cm³/mol. The molecule has 0 atom stereocenters. The van der Waals surface area contributed by atoms with Crippen molar-refractivity contribution in [3.63, 3.8) is 0 Å². The molecule has 1 aromatic heterocycles. The first-order valence-corrected chi connectivity index (χ1v) is 14.2. The van der Waals surface area contributed by atoms with E-state index in [-0.39, 0.29) is 5.41 Å². The van der Waals surface area contributed by atoms with Crippen molar-refractivity contribution in [2.45, 2.75) is 19.3 Å². The molecule has 0 saturated carbocycles. The number of rotatable bonds is 4. The summed E-state index contributed by atoms with van der Waals surface area (Å²) in [6.07, 6.45) is 0. The first-order valence-electron chi connectivity index (χ1n) is 14.2. The van der Waals surface area contributed by atoms with E-state index >= 15 is 0 Å². The number of hydrogen-bond acceptors (Lipinski definition) is 2. The van der Waals surface area contributed by atoms with Crippen molar-refractivity contribution in [2.24, 2.45) is 0 Å². The van der Waals surface area contributed by atoms with Gasteiger partial charge in [-0.3, -0.25) is 0 Å². The highest BCUT2D eigenvalue weighted by atomic mass is 16.3. The number of furan rings is 1. The Morgan fingerprint density at radius 2 is 1.17 bits per heavy atom. The topological polar surface area (TPSA) is 16.4 Å². The second-order valence-corrected chi connectivity index (χ2v) is 11.4. The van der Waals surface area contributed by atoms with Crippen LogP contribution in [-0.2, 0) is 5.41 Å². The molecule has 41 heavy (non-hydrogen) atoms. The van der Waals surface area contributed by atoms with E-state index in [2.05, 4.69) is 146 Å². The lowest BCUT2D eigenvalue weighted by molar-refractivity contribution is 0.660. The second kappa shape index (κ2) is 8.97. The summed E-state index contributed by atoms with van der Waals surface area (Å²) < 4.78 is 6.39. The summed E-state index contributed by atoms with van der Waals surface area (Å²) in [6.45, 7) is 4.67. The SMILES string of the molecule is CC1(C)c2ccccc2-c2c(N(c3ccc4c(c3)oc3ccccc34)c3ccccc3-c3ccccc3)cccc21. The van der Waals surface area contributed by atoms with Crippen molar-refractivity contribution in [1.29, 1.82) is 0 Å². The van der Waals surface area contributed by atoms with Crippen LogP contribution >= 0.6 is 0 Å². The molecule has 1 aliphatic carbocycles. The van der Waals surface area contributed by atoms with Crippen LogP contribution < -0.4 is 4.90 Å². The first kappa shape index (κ1) is 23.8. The van der Waals surface area contributed by atoms with Gasteiger partial charge >= 0.3 is 0 Å². The molecule has 0 aliphatic heterocycles. The van der Waals surface area contributed by atoms with Crippen molar-refractivity contribution in [3.8, 4) is 22.3 Å². The Morgan fingerprint density at radius 3 is 2.05 bits per heavy atom. The van der Waals surface area contributed by atoms with Crippen LogP contribution in [0.15, 0.2) is 144 Å². The quantitative estimate of drug-likeness (QED) is 0.226. The summed E-state index contributed by atoms with van der Waals surface area (Å²) in [4.78, 5) is 2.42. The molecule has 0 unspecified atom stereocenters. The fourth-order valence-electron chi connectivity index (χ4n) is 6.71. The van der Waals surface area contributed by atoms with Crippen LogP contribution in [0.5, 0.6) is 0 Å². The van der Waals surface area contributed by atoms with Crippen LogP contribution in [-0.4, -0.2) is 0 Å². The Balaban J connectivity index is 1.44. The summed E-state index contributed by atoms with van der Waals surface area (Å²) in [5.74, 6) is 0. The van der Waals surface area contributed by atoms with E-state index in [1.54, 1.807) is 0 Å². The summed E-state index contributed by atoms with van der Waals surface area (Å²) in [6, 6.07) is 49.9. The van der Waals surface area contributed by atoms with E-state index in [1.807, 2.05) is 12.1 Å². The lowest BCUT2D eigenvalue weighted by Crippen LogP contribution is -2.16. The molecule has 2 heteroatoms. The van der Waals surface area contributed by atoms with E-state index in [1.165, 1.54) is 39.1 Å². The molecular formula is C39H29NO. The van der Waals surface area contributed by atoms with Crippen LogP contribution in [0.2, 0.25) is 0 Å². The Labute approximate surface area is 240 Å². The van der Waals surface area contributed by atoms with Crippen molar-refractivity contribution < 1.29 is 4.42 Å². The van der Waals surface area contributed by atoms with Gasteiger partial charge in [0, 0.05) is 39.1 Å². The monoisotopic (exact) mass is 527 g/mol. The predicted octanol–water partition coefficient (Wildman–Crippen LogP) is 11.0. The number of hydrogen-bond donors (Lipinski definition) is 0. The Kier molecular flexibility index (Phi) is 5.20. The van der Waals surface area contributed by atoms with Crippen LogP contribution in [0.1, 0.15) is 25.0 Å². The number of fused-ring (bicyclic) bond motifs is 6. The van der Waals surface area contributed by atoms with Crippen LogP contribution in [0.3, 0.4) is 0 Å². The zero-order valence-electron chi connectivity index (χ0n) is 23.1. The van der Waals surface area contributed by atoms with E-state index in [9.17, 15) is 0 Å². The lowest BCUT2D eigenvalue weighted by atomic mass is 9.82. The van der Waals surface area contributed by atoms with Gasteiger partial charge in [-0.25, -0.2) is 0 Å². The van der Waals surface area contributed by atoms with Gasteiger partial charge in [0.15, 0.2) is 0 Å². The number of benzene rings is 6. The summed E-state index contributed by atoms with van der Waals surface area (Å²) >= 11 is 0. The number of para-hydroxylation sites is 2. The fourth-order valence-corrected chi connectivity index (χ4v) is 6.71. The Bertz CT molecular complexity index is 2080. The van der Waals surface area contributed by atoms with Crippen LogP contribution in [0.25, 0.3) is 44.2 Å². The van der Waals surface area contributed by atoms with E-state index in [4.69, 9.17) is 4.42 Å². The van der Waals surface area contributed by atoms with Crippen molar-refractivity contribution in [3.05, 3.63) is 151 Å². The molecule has 0 spiro atoms. The molecule has 0 bridgehead atoms. The largest absolute Gasteiger partial charge is 0.456 e. The maximum Gasteiger partial charge on any atom is 0.137 e. The molecule has 0 N–H and O–H groups in total. The van der Waals surface area contributed by atoms with Crippen LogP contribution in [0, 0.1) is 0 Å². The molecule has 0 amide bonds. The smallest absolute Gasteiger partial charge is 0.137 e. The molecule has 2 nitrogen and oxygen atoms in total. The van der Waals surface area contributed by atoms with Gasteiger partial charge in [0.25, 0.3) is 0 Å². The van der Waals surface area contributed by atoms with Gasteiger partial charge in [-0.15, -0.1) is 0 Å². The first-order chi connectivity index (χ1) is 20.1. The summed E-state index contributed by atoms with van der Waals surface area (Å²) in [5, 5.41) is 2.27. The van der Waals surface area contributed by atoms with Crippen molar-refractivity contribution >= 4 is 39.0 Å². The van der Waals surface area contributed by atoms with Gasteiger partial charge < -0.3 is 9.32 Å². The van der Waals surface area contributed by atoms with Crippen molar-refractivity contribution in [1.82, 2.24) is 0 Å². The Morgan fingerprint density at radius 1 is 0.512 bits per heavy atom. The van der Waals surface area contributed by atoms with Crippen molar-refractivity contribution in [2.75, 3.05) is 4.90 Å². The van der Waals surface area contributed by atoms with Gasteiger partial charge in [0.1, 0.15) is 11.2 Å². The van der Waals surface area contributed by atoms with Gasteiger partial charge in [-0.1, -0.05) is 117 Å². The summed E-state index contributed by atoms with van der Waals surface area (Å²) in [5.41, 5.74) is 12.7. The van der Waals surface area contributed by atoms with Gasteiger partial charge in [0.2, 0.25) is 0 Å². The van der Waals surface area contributed by atoms with Crippen LogP contribution in [0.4, 0.5) is 17.1 Å². The molecule has 0 saturated heterocycles. The number of anilines is 3. The minimum absolute atomic E-state index is 0.0881. The van der Waals surface area contributed by atoms with E-state index in [0.717, 1.165) is 33.3 Å². The minimum Gasteiger partial charge on any atom is -0.456 e. The summed E-state index contributed by atoms with van der Waals surface area (Å²) in [7, 11) is 0. The zero-order valence-corrected chi connectivity index (χ0v) is 23.1. The Hall–Kier alpha value is -5.08. The zero-order chi connectivity index (χ0) is 27.6. The van der Waals surface area contributed by atoms with Gasteiger partial charge in [0.05, 0.1) is 11.4 Å². The average molecular weight is 528 g/mol.